The molecule has 2 rings (SSSR count). The zero-order chi connectivity index (χ0) is 16.1. The molecule has 1 atom stereocenters. The maximum absolute atomic E-state index is 14.4. The van der Waals surface area contributed by atoms with E-state index in [9.17, 15) is 9.18 Å². The van der Waals surface area contributed by atoms with Crippen LogP contribution in [0, 0.1) is 5.82 Å². The van der Waals surface area contributed by atoms with Gasteiger partial charge in [0, 0.05) is 5.56 Å². The molecule has 2 aromatic carbocycles. The molecule has 0 heterocycles. The first-order valence-electron chi connectivity index (χ1n) is 7.21. The average molecular weight is 301 g/mol. The Kier molecular flexibility index (Phi) is 5.12. The van der Waals surface area contributed by atoms with E-state index in [2.05, 4.69) is 12.2 Å². The molecule has 0 aliphatic carbocycles. The molecular weight excluding hydrogens is 281 g/mol. The van der Waals surface area contributed by atoms with E-state index in [1.54, 1.807) is 13.0 Å². The number of halogens is 1. The second kappa shape index (κ2) is 7.04. The maximum Gasteiger partial charge on any atom is 0.329 e. The Morgan fingerprint density at radius 3 is 2.64 bits per heavy atom. The molecule has 0 aliphatic heterocycles. The van der Waals surface area contributed by atoms with Crippen LogP contribution in [0.2, 0.25) is 0 Å². The fraction of sp³-hybridized carbons (Fsp3) is 0.235. The van der Waals surface area contributed by atoms with Crippen LogP contribution < -0.4 is 16.6 Å². The molecule has 0 fully saturated rings. The van der Waals surface area contributed by atoms with E-state index >= 15 is 0 Å². The van der Waals surface area contributed by atoms with Crippen LogP contribution in [0.4, 0.5) is 9.18 Å². The van der Waals surface area contributed by atoms with Crippen LogP contribution in [0.15, 0.2) is 42.5 Å². The largest absolute Gasteiger partial charge is 0.330 e. The van der Waals surface area contributed by atoms with Crippen molar-refractivity contribution in [1.82, 2.24) is 10.7 Å². The van der Waals surface area contributed by atoms with E-state index in [4.69, 9.17) is 5.84 Å². The van der Waals surface area contributed by atoms with Crippen molar-refractivity contribution in [2.75, 3.05) is 0 Å². The number of carbonyl (C=O) groups excluding carboxylic acids is 1. The van der Waals surface area contributed by atoms with E-state index in [1.165, 1.54) is 11.6 Å². The molecule has 4 N–H and O–H groups in total. The van der Waals surface area contributed by atoms with Crippen LogP contribution in [-0.2, 0) is 6.42 Å². The Labute approximate surface area is 129 Å². The predicted molar refractivity (Wildman–Crippen MR) is 85.5 cm³/mol. The van der Waals surface area contributed by atoms with Crippen molar-refractivity contribution >= 4 is 6.03 Å². The number of aryl methyl sites for hydroxylation is 1. The molecule has 0 saturated heterocycles. The van der Waals surface area contributed by atoms with Crippen molar-refractivity contribution in [2.45, 2.75) is 26.3 Å². The fourth-order valence-electron chi connectivity index (χ4n) is 2.47. The number of nitrogens with one attached hydrogen (secondary N) is 2. The summed E-state index contributed by atoms with van der Waals surface area (Å²) in [7, 11) is 0. The minimum absolute atomic E-state index is 0.353. The molecule has 22 heavy (non-hydrogen) atoms. The fourth-order valence-corrected chi connectivity index (χ4v) is 2.47. The molecule has 116 valence electrons. The molecule has 0 saturated carbocycles. The van der Waals surface area contributed by atoms with Crippen LogP contribution >= 0.6 is 0 Å². The number of benzene rings is 2. The van der Waals surface area contributed by atoms with Gasteiger partial charge in [-0.3, -0.25) is 5.43 Å². The van der Waals surface area contributed by atoms with E-state index in [1.807, 2.05) is 35.8 Å². The van der Waals surface area contributed by atoms with Gasteiger partial charge < -0.3 is 5.32 Å². The SMILES string of the molecule is CCc1ccccc1-c1ccc(C(C)NC(=O)NN)c(F)c1. The summed E-state index contributed by atoms with van der Waals surface area (Å²) in [5, 5.41) is 2.55. The molecule has 2 aromatic rings. The summed E-state index contributed by atoms with van der Waals surface area (Å²) in [6.45, 7) is 3.77. The number of carbonyl (C=O) groups is 1. The van der Waals surface area contributed by atoms with Gasteiger partial charge in [-0.1, -0.05) is 43.3 Å². The summed E-state index contributed by atoms with van der Waals surface area (Å²) in [5.41, 5.74) is 5.40. The Morgan fingerprint density at radius 1 is 1.27 bits per heavy atom. The summed E-state index contributed by atoms with van der Waals surface area (Å²) in [4.78, 5) is 11.2. The number of urea groups is 1. The van der Waals surface area contributed by atoms with Gasteiger partial charge in [0.15, 0.2) is 0 Å². The van der Waals surface area contributed by atoms with E-state index < -0.39 is 12.1 Å². The average Bonchev–Trinajstić information content (AvgIpc) is 2.54. The lowest BCUT2D eigenvalue weighted by Gasteiger charge is -2.16. The summed E-state index contributed by atoms with van der Waals surface area (Å²) < 4.78 is 14.4. The van der Waals surface area contributed by atoms with Crippen LogP contribution in [0.3, 0.4) is 0 Å². The second-order valence-corrected chi connectivity index (χ2v) is 5.09. The Morgan fingerprint density at radius 2 is 2.00 bits per heavy atom. The molecular formula is C17H20FN3O. The quantitative estimate of drug-likeness (QED) is 0.461. The summed E-state index contributed by atoms with van der Waals surface area (Å²) in [6, 6.07) is 12.0. The van der Waals surface area contributed by atoms with Crippen molar-refractivity contribution in [3.63, 3.8) is 0 Å². The Hall–Kier alpha value is -2.40. The lowest BCUT2D eigenvalue weighted by Crippen LogP contribution is -2.41. The summed E-state index contributed by atoms with van der Waals surface area (Å²) in [5.74, 6) is 4.66. The molecule has 0 radical (unpaired) electrons. The highest BCUT2D eigenvalue weighted by atomic mass is 19.1. The third-order valence-corrected chi connectivity index (χ3v) is 3.65. The smallest absolute Gasteiger partial charge is 0.329 e. The highest BCUT2D eigenvalue weighted by Crippen LogP contribution is 2.27. The molecule has 4 nitrogen and oxygen atoms in total. The van der Waals surface area contributed by atoms with Gasteiger partial charge in [-0.25, -0.2) is 15.0 Å². The van der Waals surface area contributed by atoms with Crippen molar-refractivity contribution in [1.29, 1.82) is 0 Å². The third-order valence-electron chi connectivity index (χ3n) is 3.65. The van der Waals surface area contributed by atoms with E-state index in [0.29, 0.717) is 5.56 Å². The number of amides is 2. The molecule has 0 bridgehead atoms. The van der Waals surface area contributed by atoms with E-state index in [0.717, 1.165) is 17.5 Å². The van der Waals surface area contributed by atoms with Gasteiger partial charge in [0.1, 0.15) is 5.82 Å². The standard InChI is InChI=1S/C17H20FN3O/c1-3-12-6-4-5-7-15(12)13-8-9-14(16(18)10-13)11(2)20-17(22)21-19/h4-11H,3,19H2,1-2H3,(H2,20,21,22). The van der Waals surface area contributed by atoms with Crippen LogP contribution in [0.5, 0.6) is 0 Å². The van der Waals surface area contributed by atoms with Crippen molar-refractivity contribution in [3.8, 4) is 11.1 Å². The highest BCUT2D eigenvalue weighted by Gasteiger charge is 2.14. The lowest BCUT2D eigenvalue weighted by atomic mass is 9.96. The molecule has 0 aromatic heterocycles. The lowest BCUT2D eigenvalue weighted by molar-refractivity contribution is 0.238. The second-order valence-electron chi connectivity index (χ2n) is 5.09. The Bertz CT molecular complexity index is 673. The zero-order valence-corrected chi connectivity index (χ0v) is 12.7. The third kappa shape index (κ3) is 3.43. The van der Waals surface area contributed by atoms with E-state index in [-0.39, 0.29) is 5.82 Å². The zero-order valence-electron chi connectivity index (χ0n) is 12.7. The van der Waals surface area contributed by atoms with Gasteiger partial charge >= 0.3 is 6.03 Å². The number of hydrazine groups is 1. The molecule has 0 aliphatic rings. The van der Waals surface area contributed by atoms with Gasteiger partial charge in [-0.05, 0) is 36.1 Å². The summed E-state index contributed by atoms with van der Waals surface area (Å²) in [6.07, 6.45) is 0.883. The first kappa shape index (κ1) is 16.0. The number of hydrogen-bond donors (Lipinski definition) is 3. The maximum atomic E-state index is 14.4. The van der Waals surface area contributed by atoms with Crippen LogP contribution in [0.25, 0.3) is 11.1 Å². The molecule has 2 amide bonds. The van der Waals surface area contributed by atoms with Gasteiger partial charge in [-0.2, -0.15) is 0 Å². The normalized spacial score (nSPS) is 11.8. The topological polar surface area (TPSA) is 67.2 Å². The van der Waals surface area contributed by atoms with Crippen LogP contribution in [0.1, 0.15) is 31.0 Å². The molecule has 5 heteroatoms. The predicted octanol–water partition coefficient (Wildman–Crippen LogP) is 3.29. The first-order chi connectivity index (χ1) is 10.6. The minimum Gasteiger partial charge on any atom is -0.330 e. The van der Waals surface area contributed by atoms with Gasteiger partial charge in [-0.15, -0.1) is 0 Å². The van der Waals surface area contributed by atoms with Crippen molar-refractivity contribution < 1.29 is 9.18 Å². The highest BCUT2D eigenvalue weighted by molar-refractivity contribution is 5.74. The van der Waals surface area contributed by atoms with Crippen LogP contribution in [-0.4, -0.2) is 6.03 Å². The Balaban J connectivity index is 2.32. The number of rotatable bonds is 4. The first-order valence-corrected chi connectivity index (χ1v) is 7.21. The minimum atomic E-state index is -0.549. The van der Waals surface area contributed by atoms with Crippen molar-refractivity contribution in [2.24, 2.45) is 5.84 Å². The van der Waals surface area contributed by atoms with Gasteiger partial charge in [0.2, 0.25) is 0 Å². The van der Waals surface area contributed by atoms with Gasteiger partial charge in [0.25, 0.3) is 0 Å². The molecule has 0 spiro atoms. The molecule has 1 unspecified atom stereocenters. The van der Waals surface area contributed by atoms with Gasteiger partial charge in [0.05, 0.1) is 6.04 Å². The summed E-state index contributed by atoms with van der Waals surface area (Å²) >= 11 is 0. The number of hydrogen-bond acceptors (Lipinski definition) is 2. The monoisotopic (exact) mass is 301 g/mol. The number of nitrogens with two attached hydrogens (primary N) is 1. The van der Waals surface area contributed by atoms with Crippen molar-refractivity contribution in [3.05, 3.63) is 59.4 Å².